The summed E-state index contributed by atoms with van der Waals surface area (Å²) < 4.78 is 0. The van der Waals surface area contributed by atoms with Crippen LogP contribution >= 0.6 is 12.6 Å². The molecule has 0 aliphatic carbocycles. The fourth-order valence-corrected chi connectivity index (χ4v) is 0.657. The first-order valence-corrected chi connectivity index (χ1v) is 3.12. The van der Waals surface area contributed by atoms with E-state index < -0.39 is 12.0 Å². The second kappa shape index (κ2) is 4.60. The van der Waals surface area contributed by atoms with Crippen molar-refractivity contribution in [2.75, 3.05) is 12.4 Å². The van der Waals surface area contributed by atoms with Crippen LogP contribution in [0.3, 0.4) is 0 Å². The lowest BCUT2D eigenvalue weighted by molar-refractivity contribution is -0.138. The van der Waals surface area contributed by atoms with Crippen LogP contribution in [-0.4, -0.2) is 29.5 Å². The van der Waals surface area contributed by atoms with Gasteiger partial charge in [-0.15, -0.1) is 0 Å². The molecule has 0 saturated heterocycles. The highest BCUT2D eigenvalue weighted by atomic mass is 32.1. The minimum Gasteiger partial charge on any atom is -0.480 e. The van der Waals surface area contributed by atoms with E-state index in [1.807, 2.05) is 0 Å². The van der Waals surface area contributed by atoms with Crippen molar-refractivity contribution in [3.63, 3.8) is 0 Å². The van der Waals surface area contributed by atoms with E-state index in [4.69, 9.17) is 10.8 Å². The lowest BCUT2D eigenvalue weighted by Crippen LogP contribution is -2.41. The summed E-state index contributed by atoms with van der Waals surface area (Å²) in [5.41, 5.74) is 5.03. The summed E-state index contributed by atoms with van der Waals surface area (Å²) in [5, 5.41) is 10.9. The Kier molecular flexibility index (Phi) is 4.47. The zero-order valence-corrected chi connectivity index (χ0v) is 5.77. The van der Waals surface area contributed by atoms with Crippen molar-refractivity contribution in [1.29, 1.82) is 0 Å². The van der Waals surface area contributed by atoms with Crippen molar-refractivity contribution in [3.05, 3.63) is 0 Å². The van der Waals surface area contributed by atoms with Crippen LogP contribution in [0.2, 0.25) is 0 Å². The normalized spacial score (nSPS) is 13.1. The van der Waals surface area contributed by atoms with Gasteiger partial charge in [0, 0.05) is 12.4 Å². The molecule has 4 nitrogen and oxygen atoms in total. The number of hydrogen-bond donors (Lipinski definition) is 4. The molecule has 0 aromatic rings. The second-order valence-electron chi connectivity index (χ2n) is 1.48. The van der Waals surface area contributed by atoms with Crippen LogP contribution in [0.15, 0.2) is 0 Å². The van der Waals surface area contributed by atoms with Crippen LogP contribution in [-0.2, 0) is 4.79 Å². The van der Waals surface area contributed by atoms with Gasteiger partial charge in [0.05, 0.1) is 0 Å². The quantitative estimate of drug-likeness (QED) is 0.302. The number of nitrogens with one attached hydrogen (secondary N) is 1. The van der Waals surface area contributed by atoms with Crippen LogP contribution in [0.25, 0.3) is 0 Å². The molecule has 0 aromatic heterocycles. The summed E-state index contributed by atoms with van der Waals surface area (Å²) in [6.07, 6.45) is 0. The fraction of sp³-hybridized carbons (Fsp3) is 0.750. The number of carboxylic acids is 1. The number of carbonyl (C=O) groups is 1. The van der Waals surface area contributed by atoms with Crippen LogP contribution < -0.4 is 11.1 Å². The van der Waals surface area contributed by atoms with E-state index in [0.29, 0.717) is 0 Å². The zero-order chi connectivity index (χ0) is 7.28. The molecule has 0 aromatic carbocycles. The molecule has 1 atom stereocenters. The van der Waals surface area contributed by atoms with Crippen LogP contribution in [0.1, 0.15) is 0 Å². The molecule has 0 radical (unpaired) electrons. The van der Waals surface area contributed by atoms with Gasteiger partial charge in [-0.2, -0.15) is 12.6 Å². The molecule has 9 heavy (non-hydrogen) atoms. The third-order valence-electron chi connectivity index (χ3n) is 0.845. The third kappa shape index (κ3) is 3.34. The molecule has 0 aliphatic rings. The summed E-state index contributed by atoms with van der Waals surface area (Å²) >= 11 is 3.79. The zero-order valence-electron chi connectivity index (χ0n) is 4.87. The first-order valence-electron chi connectivity index (χ1n) is 2.49. The number of aliphatic carboxylic acids is 1. The van der Waals surface area contributed by atoms with Gasteiger partial charge in [-0.1, -0.05) is 0 Å². The third-order valence-corrected chi connectivity index (χ3v) is 1.21. The molecule has 0 heterocycles. The molecule has 54 valence electrons. The molecule has 0 saturated carbocycles. The van der Waals surface area contributed by atoms with Crippen LogP contribution in [0.5, 0.6) is 0 Å². The van der Waals surface area contributed by atoms with Crippen LogP contribution in [0.4, 0.5) is 0 Å². The van der Waals surface area contributed by atoms with Gasteiger partial charge in [-0.05, 0) is 0 Å². The Morgan fingerprint density at radius 3 is 2.56 bits per heavy atom. The van der Waals surface area contributed by atoms with Gasteiger partial charge in [0.2, 0.25) is 0 Å². The number of carboxylic acid groups (broad SMARTS) is 1. The maximum Gasteiger partial charge on any atom is 0.321 e. The minimum atomic E-state index is -0.921. The van der Waals surface area contributed by atoms with E-state index in [1.54, 1.807) is 0 Å². The van der Waals surface area contributed by atoms with Crippen molar-refractivity contribution in [1.82, 2.24) is 5.32 Å². The van der Waals surface area contributed by atoms with Crippen LogP contribution in [0, 0.1) is 0 Å². The molecule has 4 N–H and O–H groups in total. The SMILES string of the molecule is NCNC(CS)C(=O)O. The second-order valence-corrected chi connectivity index (χ2v) is 1.85. The van der Waals surface area contributed by atoms with Gasteiger partial charge in [0.25, 0.3) is 0 Å². The molecule has 5 heteroatoms. The summed E-state index contributed by atoms with van der Waals surface area (Å²) in [7, 11) is 0. The Bertz CT molecular complexity index is 98.6. The summed E-state index contributed by atoms with van der Waals surface area (Å²) in [6.45, 7) is 0.164. The monoisotopic (exact) mass is 150 g/mol. The first kappa shape index (κ1) is 8.74. The predicted molar refractivity (Wildman–Crippen MR) is 37.5 cm³/mol. The van der Waals surface area contributed by atoms with Gasteiger partial charge >= 0.3 is 5.97 Å². The summed E-state index contributed by atoms with van der Waals surface area (Å²) in [5.74, 6) is -0.664. The van der Waals surface area contributed by atoms with Crippen molar-refractivity contribution < 1.29 is 9.90 Å². The van der Waals surface area contributed by atoms with E-state index in [2.05, 4.69) is 17.9 Å². The van der Waals surface area contributed by atoms with E-state index in [9.17, 15) is 4.79 Å². The van der Waals surface area contributed by atoms with Crippen molar-refractivity contribution in [2.24, 2.45) is 5.73 Å². The van der Waals surface area contributed by atoms with E-state index in [0.717, 1.165) is 0 Å². The Morgan fingerprint density at radius 2 is 2.44 bits per heavy atom. The Morgan fingerprint density at radius 1 is 1.89 bits per heavy atom. The predicted octanol–water partition coefficient (Wildman–Crippen LogP) is -1.12. The standard InChI is InChI=1S/C4H10N2O2S/c5-2-6-3(1-9)4(7)8/h3,6,9H,1-2,5H2,(H,7,8). The van der Waals surface area contributed by atoms with Crippen molar-refractivity contribution >= 4 is 18.6 Å². The number of thiol groups is 1. The lowest BCUT2D eigenvalue weighted by Gasteiger charge is -2.07. The first-order chi connectivity index (χ1) is 4.22. The van der Waals surface area contributed by atoms with Gasteiger partial charge < -0.3 is 10.8 Å². The highest BCUT2D eigenvalue weighted by molar-refractivity contribution is 7.80. The van der Waals surface area contributed by atoms with Crippen molar-refractivity contribution in [3.8, 4) is 0 Å². The van der Waals surface area contributed by atoms with E-state index >= 15 is 0 Å². The van der Waals surface area contributed by atoms with E-state index in [1.165, 1.54) is 0 Å². The maximum absolute atomic E-state index is 10.2. The molecule has 0 aliphatic heterocycles. The smallest absolute Gasteiger partial charge is 0.321 e. The average Bonchev–Trinajstić information content (AvgIpc) is 1.82. The number of hydrogen-bond acceptors (Lipinski definition) is 4. The van der Waals surface area contributed by atoms with Crippen molar-refractivity contribution in [2.45, 2.75) is 6.04 Å². The highest BCUT2D eigenvalue weighted by Gasteiger charge is 2.12. The Labute approximate surface area is 58.8 Å². The number of rotatable bonds is 4. The van der Waals surface area contributed by atoms with Gasteiger partial charge in [-0.3, -0.25) is 10.1 Å². The molecule has 0 spiro atoms. The molecule has 0 fully saturated rings. The number of nitrogens with two attached hydrogens (primary N) is 1. The molecule has 0 bridgehead atoms. The maximum atomic E-state index is 10.2. The highest BCUT2D eigenvalue weighted by Crippen LogP contribution is 1.85. The van der Waals surface area contributed by atoms with E-state index in [-0.39, 0.29) is 12.4 Å². The largest absolute Gasteiger partial charge is 0.480 e. The molecule has 0 amide bonds. The van der Waals surface area contributed by atoms with Gasteiger partial charge in [0.15, 0.2) is 0 Å². The molecular weight excluding hydrogens is 140 g/mol. The Hall–Kier alpha value is -0.260. The lowest BCUT2D eigenvalue weighted by atomic mass is 10.3. The fourth-order valence-electron chi connectivity index (χ4n) is 0.372. The summed E-state index contributed by atoms with van der Waals surface area (Å²) in [6, 6.07) is -0.627. The topological polar surface area (TPSA) is 75.3 Å². The average molecular weight is 150 g/mol. The van der Waals surface area contributed by atoms with Gasteiger partial charge in [0.1, 0.15) is 6.04 Å². The summed E-state index contributed by atoms with van der Waals surface area (Å²) in [4.78, 5) is 10.2. The molecule has 1 unspecified atom stereocenters. The molecular formula is C4H10N2O2S. The minimum absolute atomic E-state index is 0.164. The Balaban J connectivity index is 3.54. The molecule has 0 rings (SSSR count). The van der Waals surface area contributed by atoms with Gasteiger partial charge in [-0.25, -0.2) is 0 Å².